The van der Waals surface area contributed by atoms with Gasteiger partial charge in [-0.1, -0.05) is 5.16 Å². The molecule has 4 nitrogen and oxygen atoms in total. The van der Waals surface area contributed by atoms with Gasteiger partial charge in [0.2, 0.25) is 0 Å². The molecule has 0 unspecified atom stereocenters. The summed E-state index contributed by atoms with van der Waals surface area (Å²) in [6, 6.07) is 6.50. The Morgan fingerprint density at radius 2 is 2.12 bits per heavy atom. The minimum Gasteiger partial charge on any atom is -0.340 e. The Hall–Kier alpha value is -2.17. The Morgan fingerprint density at radius 3 is 2.82 bits per heavy atom. The zero-order valence-corrected chi connectivity index (χ0v) is 9.44. The Morgan fingerprint density at radius 1 is 1.29 bits per heavy atom. The van der Waals surface area contributed by atoms with Crippen LogP contribution in [0.1, 0.15) is 5.82 Å². The number of hydrogen-bond donors (Lipinski definition) is 0. The van der Waals surface area contributed by atoms with E-state index in [1.54, 1.807) is 13.0 Å². The van der Waals surface area contributed by atoms with E-state index in [2.05, 4.69) is 10.1 Å². The lowest BCUT2D eigenvalue weighted by Crippen LogP contribution is -1.91. The Balaban J connectivity index is 2.27. The minimum atomic E-state index is -0.253. The molecule has 3 rings (SSSR count). The van der Waals surface area contributed by atoms with Crippen LogP contribution >= 0.6 is 0 Å². The van der Waals surface area contributed by atoms with Crippen LogP contribution < -0.4 is 0 Å². The summed E-state index contributed by atoms with van der Waals surface area (Å²) in [7, 11) is 1.88. The number of halogens is 1. The molecule has 5 heteroatoms. The number of fused-ring (bicyclic) bond motifs is 1. The largest absolute Gasteiger partial charge is 0.340 e. The van der Waals surface area contributed by atoms with Crippen LogP contribution in [-0.2, 0) is 7.05 Å². The van der Waals surface area contributed by atoms with Gasteiger partial charge >= 0.3 is 0 Å². The lowest BCUT2D eigenvalue weighted by atomic mass is 10.2. The zero-order chi connectivity index (χ0) is 12.0. The van der Waals surface area contributed by atoms with Crippen molar-refractivity contribution in [2.45, 2.75) is 6.92 Å². The summed E-state index contributed by atoms with van der Waals surface area (Å²) >= 11 is 0. The second kappa shape index (κ2) is 3.41. The highest BCUT2D eigenvalue weighted by atomic mass is 19.1. The van der Waals surface area contributed by atoms with Crippen LogP contribution in [0.5, 0.6) is 0 Å². The normalized spacial score (nSPS) is 11.2. The van der Waals surface area contributed by atoms with Crippen molar-refractivity contribution in [2.75, 3.05) is 0 Å². The van der Waals surface area contributed by atoms with Gasteiger partial charge in [0.25, 0.3) is 5.89 Å². The van der Waals surface area contributed by atoms with Gasteiger partial charge in [0.05, 0.1) is 0 Å². The Bertz CT molecular complexity index is 699. The molecule has 2 aromatic heterocycles. The molecule has 3 aromatic rings. The maximum atomic E-state index is 13.1. The van der Waals surface area contributed by atoms with Crippen LogP contribution in [0, 0.1) is 12.7 Å². The van der Waals surface area contributed by atoms with Crippen molar-refractivity contribution in [3.05, 3.63) is 35.9 Å². The molecular formula is C12H10FN3O. The fourth-order valence-electron chi connectivity index (χ4n) is 1.93. The summed E-state index contributed by atoms with van der Waals surface area (Å²) in [5.74, 6) is 0.773. The van der Waals surface area contributed by atoms with Crippen LogP contribution in [0.3, 0.4) is 0 Å². The van der Waals surface area contributed by atoms with Gasteiger partial charge in [0.1, 0.15) is 11.5 Å². The van der Waals surface area contributed by atoms with Crippen LogP contribution in [0.25, 0.3) is 22.5 Å². The number of hydrogen-bond acceptors (Lipinski definition) is 3. The SMILES string of the molecule is Cc1noc(-c2cc3cc(F)ccc3n2C)n1. The van der Waals surface area contributed by atoms with Crippen molar-refractivity contribution in [2.24, 2.45) is 7.05 Å². The highest BCUT2D eigenvalue weighted by Crippen LogP contribution is 2.26. The van der Waals surface area contributed by atoms with Crippen LogP contribution in [-0.4, -0.2) is 14.7 Å². The fourth-order valence-corrected chi connectivity index (χ4v) is 1.93. The van der Waals surface area contributed by atoms with Gasteiger partial charge in [-0.25, -0.2) is 4.39 Å². The van der Waals surface area contributed by atoms with Gasteiger partial charge in [0, 0.05) is 18.0 Å². The van der Waals surface area contributed by atoms with E-state index in [4.69, 9.17) is 4.52 Å². The summed E-state index contributed by atoms with van der Waals surface area (Å²) < 4.78 is 20.1. The first-order valence-corrected chi connectivity index (χ1v) is 5.21. The van der Waals surface area contributed by atoms with Gasteiger partial charge in [-0.05, 0) is 31.2 Å². The first-order chi connectivity index (χ1) is 8.15. The third-order valence-corrected chi connectivity index (χ3v) is 2.75. The summed E-state index contributed by atoms with van der Waals surface area (Å²) in [5, 5.41) is 4.57. The number of aryl methyl sites for hydroxylation is 2. The monoisotopic (exact) mass is 231 g/mol. The molecule has 17 heavy (non-hydrogen) atoms. The van der Waals surface area contributed by atoms with E-state index in [-0.39, 0.29) is 5.82 Å². The molecule has 1 aromatic carbocycles. The summed E-state index contributed by atoms with van der Waals surface area (Å²) in [5.41, 5.74) is 1.71. The summed E-state index contributed by atoms with van der Waals surface area (Å²) in [4.78, 5) is 4.17. The average Bonchev–Trinajstić information content (AvgIpc) is 2.83. The van der Waals surface area contributed by atoms with Crippen molar-refractivity contribution in [1.82, 2.24) is 14.7 Å². The molecule has 0 atom stereocenters. The van der Waals surface area contributed by atoms with E-state index < -0.39 is 0 Å². The molecule has 0 spiro atoms. The average molecular weight is 231 g/mol. The molecule has 0 amide bonds. The second-order valence-corrected chi connectivity index (χ2v) is 3.94. The van der Waals surface area contributed by atoms with E-state index in [0.29, 0.717) is 11.7 Å². The van der Waals surface area contributed by atoms with Crippen LogP contribution in [0.15, 0.2) is 28.8 Å². The van der Waals surface area contributed by atoms with Crippen molar-refractivity contribution >= 4 is 10.9 Å². The molecule has 0 N–H and O–H groups in total. The van der Waals surface area contributed by atoms with E-state index in [1.165, 1.54) is 12.1 Å². The van der Waals surface area contributed by atoms with E-state index in [9.17, 15) is 4.39 Å². The number of rotatable bonds is 1. The molecule has 0 bridgehead atoms. The van der Waals surface area contributed by atoms with Crippen molar-refractivity contribution < 1.29 is 8.91 Å². The third-order valence-electron chi connectivity index (χ3n) is 2.75. The summed E-state index contributed by atoms with van der Waals surface area (Å²) in [6.07, 6.45) is 0. The predicted molar refractivity (Wildman–Crippen MR) is 60.9 cm³/mol. The molecule has 0 saturated heterocycles. The standard InChI is InChI=1S/C12H10FN3O/c1-7-14-12(17-15-7)11-6-8-5-9(13)3-4-10(8)16(11)2/h3-6H,1-2H3. The van der Waals surface area contributed by atoms with Crippen LogP contribution in [0.4, 0.5) is 4.39 Å². The number of aromatic nitrogens is 3. The molecule has 0 aliphatic rings. The molecule has 86 valence electrons. The molecule has 0 fully saturated rings. The van der Waals surface area contributed by atoms with E-state index in [1.807, 2.05) is 17.7 Å². The van der Waals surface area contributed by atoms with E-state index in [0.717, 1.165) is 16.6 Å². The quantitative estimate of drug-likeness (QED) is 0.646. The van der Waals surface area contributed by atoms with Crippen LogP contribution in [0.2, 0.25) is 0 Å². The Kier molecular flexibility index (Phi) is 2.01. The molecule has 0 aliphatic carbocycles. The first-order valence-electron chi connectivity index (χ1n) is 5.21. The maximum absolute atomic E-state index is 13.1. The molecule has 0 aliphatic heterocycles. The molecular weight excluding hydrogens is 221 g/mol. The molecule has 0 radical (unpaired) electrons. The smallest absolute Gasteiger partial charge is 0.274 e. The van der Waals surface area contributed by atoms with Gasteiger partial charge < -0.3 is 9.09 Å². The fraction of sp³-hybridized carbons (Fsp3) is 0.167. The highest BCUT2D eigenvalue weighted by Gasteiger charge is 2.13. The van der Waals surface area contributed by atoms with Gasteiger partial charge in [-0.15, -0.1) is 0 Å². The number of benzene rings is 1. The highest BCUT2D eigenvalue weighted by molar-refractivity contribution is 5.85. The van der Waals surface area contributed by atoms with E-state index >= 15 is 0 Å². The van der Waals surface area contributed by atoms with Crippen molar-refractivity contribution in [3.8, 4) is 11.6 Å². The predicted octanol–water partition coefficient (Wildman–Crippen LogP) is 2.68. The lowest BCUT2D eigenvalue weighted by Gasteiger charge is -1.98. The topological polar surface area (TPSA) is 43.9 Å². The molecule has 2 heterocycles. The van der Waals surface area contributed by atoms with Gasteiger partial charge in [-0.2, -0.15) is 4.98 Å². The third kappa shape index (κ3) is 1.51. The number of nitrogens with zero attached hydrogens (tertiary/aromatic N) is 3. The van der Waals surface area contributed by atoms with Gasteiger partial charge in [0.15, 0.2) is 5.82 Å². The van der Waals surface area contributed by atoms with Gasteiger partial charge in [-0.3, -0.25) is 0 Å². The summed E-state index contributed by atoms with van der Waals surface area (Å²) in [6.45, 7) is 1.76. The maximum Gasteiger partial charge on any atom is 0.274 e. The van der Waals surface area contributed by atoms with Crippen molar-refractivity contribution in [1.29, 1.82) is 0 Å². The van der Waals surface area contributed by atoms with Crippen molar-refractivity contribution in [3.63, 3.8) is 0 Å². The lowest BCUT2D eigenvalue weighted by molar-refractivity contribution is 0.423. The second-order valence-electron chi connectivity index (χ2n) is 3.94. The first kappa shape index (κ1) is 10.0. The zero-order valence-electron chi connectivity index (χ0n) is 9.44. The molecule has 0 saturated carbocycles. The minimum absolute atomic E-state index is 0.253. The Labute approximate surface area is 96.7 Å².